The van der Waals surface area contributed by atoms with Gasteiger partial charge in [0.2, 0.25) is 0 Å². The first-order valence-electron chi connectivity index (χ1n) is 10.8. The quantitative estimate of drug-likeness (QED) is 0.466. The molecule has 32 heavy (non-hydrogen) atoms. The molecule has 3 aromatic rings. The third-order valence-corrected chi connectivity index (χ3v) is 5.52. The van der Waals surface area contributed by atoms with E-state index < -0.39 is 0 Å². The molecule has 2 aromatic carbocycles. The first-order chi connectivity index (χ1) is 15.4. The second-order valence-electron chi connectivity index (χ2n) is 7.51. The Bertz CT molecular complexity index is 1210. The predicted molar refractivity (Wildman–Crippen MR) is 128 cm³/mol. The first-order valence-corrected chi connectivity index (χ1v) is 11.2. The maximum Gasteiger partial charge on any atom is 0.262 e. The summed E-state index contributed by atoms with van der Waals surface area (Å²) in [6, 6.07) is 10.7. The van der Waals surface area contributed by atoms with E-state index >= 15 is 0 Å². The molecule has 0 aliphatic rings. The zero-order chi connectivity index (χ0) is 23.3. The van der Waals surface area contributed by atoms with E-state index in [2.05, 4.69) is 10.3 Å². The number of benzene rings is 2. The van der Waals surface area contributed by atoms with E-state index in [-0.39, 0.29) is 24.1 Å². The molecule has 2 N–H and O–H groups in total. The average molecular weight is 456 g/mol. The molecule has 170 valence electrons. The molecule has 8 heteroatoms. The van der Waals surface area contributed by atoms with Crippen LogP contribution in [-0.2, 0) is 6.54 Å². The highest BCUT2D eigenvalue weighted by molar-refractivity contribution is 7.71. The van der Waals surface area contributed by atoms with Crippen LogP contribution in [0.15, 0.2) is 41.2 Å². The van der Waals surface area contributed by atoms with Gasteiger partial charge in [-0.3, -0.25) is 14.2 Å². The molecular weight excluding hydrogens is 426 g/mol. The van der Waals surface area contributed by atoms with Crippen LogP contribution in [0.2, 0.25) is 0 Å². The van der Waals surface area contributed by atoms with Gasteiger partial charge >= 0.3 is 0 Å². The zero-order valence-corrected chi connectivity index (χ0v) is 19.7. The van der Waals surface area contributed by atoms with E-state index in [9.17, 15) is 9.59 Å². The summed E-state index contributed by atoms with van der Waals surface area (Å²) in [6.07, 6.45) is 0.865. The van der Waals surface area contributed by atoms with Crippen molar-refractivity contribution in [3.05, 3.63) is 62.6 Å². The Morgan fingerprint density at radius 1 is 1.09 bits per heavy atom. The third-order valence-electron chi connectivity index (χ3n) is 5.19. The topological polar surface area (TPSA) is 85.4 Å². The van der Waals surface area contributed by atoms with E-state index in [4.69, 9.17) is 21.7 Å². The fourth-order valence-corrected chi connectivity index (χ4v) is 3.55. The second kappa shape index (κ2) is 10.5. The number of carbonyl (C=O) groups is 1. The van der Waals surface area contributed by atoms with Crippen molar-refractivity contribution in [1.29, 1.82) is 0 Å². The van der Waals surface area contributed by atoms with Crippen molar-refractivity contribution in [2.45, 2.75) is 46.7 Å². The van der Waals surface area contributed by atoms with Crippen LogP contribution in [0.25, 0.3) is 10.9 Å². The largest absolute Gasteiger partial charge is 0.490 e. The van der Waals surface area contributed by atoms with Gasteiger partial charge in [-0.05, 0) is 63.2 Å². The molecular formula is C24H29N3O4S. The molecule has 1 heterocycles. The van der Waals surface area contributed by atoms with Crippen molar-refractivity contribution in [2.75, 3.05) is 13.2 Å². The summed E-state index contributed by atoms with van der Waals surface area (Å²) in [6.45, 7) is 8.98. The van der Waals surface area contributed by atoms with Crippen LogP contribution in [0.5, 0.6) is 11.5 Å². The Morgan fingerprint density at radius 2 is 1.72 bits per heavy atom. The number of H-pyrrole nitrogens is 1. The summed E-state index contributed by atoms with van der Waals surface area (Å²) in [7, 11) is 0. The zero-order valence-electron chi connectivity index (χ0n) is 18.9. The molecule has 0 saturated carbocycles. The van der Waals surface area contributed by atoms with Crippen LogP contribution >= 0.6 is 12.2 Å². The minimum atomic E-state index is -0.216. The highest BCUT2D eigenvalue weighted by Crippen LogP contribution is 2.30. The Labute approximate surface area is 192 Å². The van der Waals surface area contributed by atoms with Gasteiger partial charge in [-0.15, -0.1) is 0 Å². The van der Waals surface area contributed by atoms with Crippen molar-refractivity contribution in [3.8, 4) is 11.5 Å². The minimum Gasteiger partial charge on any atom is -0.490 e. The summed E-state index contributed by atoms with van der Waals surface area (Å²) in [5.74, 6) is 0.975. The molecule has 1 aromatic heterocycles. The smallest absolute Gasteiger partial charge is 0.262 e. The van der Waals surface area contributed by atoms with Gasteiger partial charge in [0.25, 0.3) is 11.5 Å². The molecule has 0 aliphatic carbocycles. The SMILES string of the molecule is CCOc1cc2[nH]c(=S)n(Cc3ccc(C(=O)N[C@@H](C)CC)cc3)c(=O)c2cc1OCC. The van der Waals surface area contributed by atoms with Crippen molar-refractivity contribution < 1.29 is 14.3 Å². The predicted octanol–water partition coefficient (Wildman–Crippen LogP) is 4.43. The monoisotopic (exact) mass is 455 g/mol. The number of rotatable bonds is 9. The molecule has 0 aliphatic heterocycles. The number of amides is 1. The van der Waals surface area contributed by atoms with E-state index in [1.807, 2.05) is 39.8 Å². The van der Waals surface area contributed by atoms with E-state index in [1.54, 1.807) is 24.3 Å². The van der Waals surface area contributed by atoms with Crippen LogP contribution < -0.4 is 20.3 Å². The van der Waals surface area contributed by atoms with E-state index in [0.717, 1.165) is 12.0 Å². The summed E-state index contributed by atoms with van der Waals surface area (Å²) in [5, 5.41) is 3.41. The van der Waals surface area contributed by atoms with Crippen LogP contribution in [-0.4, -0.2) is 34.7 Å². The van der Waals surface area contributed by atoms with Gasteiger partial charge in [-0.1, -0.05) is 19.1 Å². The van der Waals surface area contributed by atoms with Gasteiger partial charge in [0.15, 0.2) is 16.3 Å². The molecule has 1 atom stereocenters. The highest BCUT2D eigenvalue weighted by Gasteiger charge is 2.13. The van der Waals surface area contributed by atoms with Crippen molar-refractivity contribution in [3.63, 3.8) is 0 Å². The van der Waals surface area contributed by atoms with Crippen LogP contribution in [0.4, 0.5) is 0 Å². The van der Waals surface area contributed by atoms with Gasteiger partial charge in [-0.2, -0.15) is 0 Å². The minimum absolute atomic E-state index is 0.111. The third kappa shape index (κ3) is 5.19. The molecule has 0 fully saturated rings. The maximum absolute atomic E-state index is 13.2. The Morgan fingerprint density at radius 3 is 2.31 bits per heavy atom. The Kier molecular flexibility index (Phi) is 7.69. The van der Waals surface area contributed by atoms with E-state index in [1.165, 1.54) is 4.57 Å². The number of hydrogen-bond donors (Lipinski definition) is 2. The molecule has 0 bridgehead atoms. The standard InChI is InChI=1S/C24H29N3O4S/c1-5-15(4)25-22(28)17-10-8-16(9-11-17)14-27-23(29)18-12-20(30-6-2)21(31-7-3)13-19(18)26-24(27)32/h8-13,15H,5-7,14H2,1-4H3,(H,25,28)(H,26,32)/t15-/m0/s1. The molecule has 0 saturated heterocycles. The molecule has 0 unspecified atom stereocenters. The maximum atomic E-state index is 13.2. The fourth-order valence-electron chi connectivity index (χ4n) is 3.29. The second-order valence-corrected chi connectivity index (χ2v) is 7.90. The van der Waals surface area contributed by atoms with Crippen molar-refractivity contribution >= 4 is 29.0 Å². The normalized spacial score (nSPS) is 11.9. The van der Waals surface area contributed by atoms with Gasteiger partial charge in [0.05, 0.1) is 30.7 Å². The molecule has 0 radical (unpaired) electrons. The Hall–Kier alpha value is -3.13. The summed E-state index contributed by atoms with van der Waals surface area (Å²) in [4.78, 5) is 28.6. The van der Waals surface area contributed by atoms with E-state index in [0.29, 0.717) is 46.0 Å². The number of nitrogens with zero attached hydrogens (tertiary/aromatic N) is 1. The number of carbonyl (C=O) groups excluding carboxylic acids is 1. The molecule has 7 nitrogen and oxygen atoms in total. The molecule has 3 rings (SSSR count). The van der Waals surface area contributed by atoms with Crippen molar-refractivity contribution in [1.82, 2.24) is 14.9 Å². The fraction of sp³-hybridized carbons (Fsp3) is 0.375. The number of hydrogen-bond acceptors (Lipinski definition) is 5. The summed E-state index contributed by atoms with van der Waals surface area (Å²) < 4.78 is 13.1. The summed E-state index contributed by atoms with van der Waals surface area (Å²) in [5.41, 5.74) is 1.82. The number of nitrogens with one attached hydrogen (secondary N) is 2. The number of ether oxygens (including phenoxy) is 2. The van der Waals surface area contributed by atoms with Crippen LogP contribution in [0.1, 0.15) is 50.0 Å². The van der Waals surface area contributed by atoms with Gasteiger partial charge in [0.1, 0.15) is 0 Å². The summed E-state index contributed by atoms with van der Waals surface area (Å²) >= 11 is 5.46. The van der Waals surface area contributed by atoms with Gasteiger partial charge < -0.3 is 19.8 Å². The van der Waals surface area contributed by atoms with Crippen LogP contribution in [0, 0.1) is 4.77 Å². The lowest BCUT2D eigenvalue weighted by Crippen LogP contribution is -2.31. The molecule has 0 spiro atoms. The average Bonchev–Trinajstić information content (AvgIpc) is 2.78. The Balaban J connectivity index is 1.93. The van der Waals surface area contributed by atoms with Crippen molar-refractivity contribution in [2.24, 2.45) is 0 Å². The van der Waals surface area contributed by atoms with Gasteiger partial charge in [0, 0.05) is 17.7 Å². The lowest BCUT2D eigenvalue weighted by molar-refractivity contribution is 0.0939. The van der Waals surface area contributed by atoms with Crippen LogP contribution in [0.3, 0.4) is 0 Å². The lowest BCUT2D eigenvalue weighted by atomic mass is 10.1. The first kappa shape index (κ1) is 23.5. The number of fused-ring (bicyclic) bond motifs is 1. The van der Waals surface area contributed by atoms with Gasteiger partial charge in [-0.25, -0.2) is 0 Å². The lowest BCUT2D eigenvalue weighted by Gasteiger charge is -2.14. The number of aromatic nitrogens is 2. The molecule has 1 amide bonds. The number of aromatic amines is 1. The highest BCUT2D eigenvalue weighted by atomic mass is 32.1.